The SMILES string of the molecule is CCCCOc1ccc(C2c3c(oc4c(C)cc(C)cc4c3=O)C(=O)N2CCCO)cc1OCC. The standard InChI is InChI=1S/C28H33NO6/c1-5-7-13-34-21-10-9-19(16-22(21)33-6-2)24-23-25(31)20-15-17(3)14-18(4)26(20)35-27(23)28(32)29(24)11-8-12-30/h9-10,14-16,24,30H,5-8,11-13H2,1-4H3. The summed E-state index contributed by atoms with van der Waals surface area (Å²) in [4.78, 5) is 28.9. The van der Waals surface area contributed by atoms with Gasteiger partial charge in [0.2, 0.25) is 5.76 Å². The number of aliphatic hydroxyl groups is 1. The largest absolute Gasteiger partial charge is 0.490 e. The second-order valence-corrected chi connectivity index (χ2v) is 8.95. The highest BCUT2D eigenvalue weighted by Crippen LogP contribution is 2.41. The normalized spacial score (nSPS) is 15.1. The van der Waals surface area contributed by atoms with E-state index in [1.165, 1.54) is 0 Å². The third-order valence-electron chi connectivity index (χ3n) is 6.29. The van der Waals surface area contributed by atoms with Crippen molar-refractivity contribution in [1.82, 2.24) is 4.90 Å². The van der Waals surface area contributed by atoms with Gasteiger partial charge in [-0.15, -0.1) is 0 Å². The van der Waals surface area contributed by atoms with Crippen LogP contribution in [0.3, 0.4) is 0 Å². The number of aliphatic hydroxyl groups excluding tert-OH is 1. The lowest BCUT2D eigenvalue weighted by Crippen LogP contribution is -2.31. The predicted octanol–water partition coefficient (Wildman–Crippen LogP) is 4.92. The summed E-state index contributed by atoms with van der Waals surface area (Å²) in [5.41, 5.74) is 3.05. The fourth-order valence-corrected chi connectivity index (χ4v) is 4.70. The molecule has 0 spiro atoms. The first-order chi connectivity index (χ1) is 16.9. The summed E-state index contributed by atoms with van der Waals surface area (Å²) in [6.07, 6.45) is 2.34. The van der Waals surface area contributed by atoms with Crippen molar-refractivity contribution >= 4 is 16.9 Å². The van der Waals surface area contributed by atoms with E-state index < -0.39 is 6.04 Å². The highest BCUT2D eigenvalue weighted by atomic mass is 16.5. The molecule has 7 nitrogen and oxygen atoms in total. The number of nitrogens with zero attached hydrogens (tertiary/aromatic N) is 1. The van der Waals surface area contributed by atoms with Crippen molar-refractivity contribution in [3.8, 4) is 11.5 Å². The van der Waals surface area contributed by atoms with Crippen LogP contribution in [0.2, 0.25) is 0 Å². The van der Waals surface area contributed by atoms with E-state index in [0.717, 1.165) is 29.5 Å². The lowest BCUT2D eigenvalue weighted by molar-refractivity contribution is 0.0716. The van der Waals surface area contributed by atoms with Crippen LogP contribution in [-0.4, -0.2) is 42.3 Å². The first-order valence-electron chi connectivity index (χ1n) is 12.3. The van der Waals surface area contributed by atoms with E-state index >= 15 is 0 Å². The Morgan fingerprint density at radius 2 is 1.83 bits per heavy atom. The van der Waals surface area contributed by atoms with Crippen LogP contribution < -0.4 is 14.9 Å². The molecular formula is C28H33NO6. The lowest BCUT2D eigenvalue weighted by atomic mass is 9.97. The fraction of sp³-hybridized carbons (Fsp3) is 0.429. The summed E-state index contributed by atoms with van der Waals surface area (Å²) < 4.78 is 17.9. The Hall–Kier alpha value is -3.32. The maximum absolute atomic E-state index is 13.8. The summed E-state index contributed by atoms with van der Waals surface area (Å²) in [7, 11) is 0. The second-order valence-electron chi connectivity index (χ2n) is 8.95. The Balaban J connectivity index is 1.89. The van der Waals surface area contributed by atoms with E-state index in [4.69, 9.17) is 13.9 Å². The minimum absolute atomic E-state index is 0.0666. The van der Waals surface area contributed by atoms with Crippen LogP contribution in [0.5, 0.6) is 11.5 Å². The molecule has 3 aromatic rings. The zero-order valence-electron chi connectivity index (χ0n) is 20.8. The molecule has 186 valence electrons. The number of aryl methyl sites for hydroxylation is 2. The molecule has 1 aliphatic heterocycles. The highest BCUT2D eigenvalue weighted by molar-refractivity contribution is 5.99. The van der Waals surface area contributed by atoms with Gasteiger partial charge in [0.1, 0.15) is 5.58 Å². The molecule has 0 saturated heterocycles. The fourth-order valence-electron chi connectivity index (χ4n) is 4.70. The number of carbonyl (C=O) groups excluding carboxylic acids is 1. The Bertz CT molecular complexity index is 1290. The van der Waals surface area contributed by atoms with Crippen LogP contribution in [0.25, 0.3) is 11.0 Å². The Kier molecular flexibility index (Phi) is 7.45. The highest BCUT2D eigenvalue weighted by Gasteiger charge is 2.42. The van der Waals surface area contributed by atoms with Crippen molar-refractivity contribution in [2.45, 2.75) is 53.0 Å². The third kappa shape index (κ3) is 4.65. The van der Waals surface area contributed by atoms with Crippen molar-refractivity contribution < 1.29 is 23.8 Å². The molecule has 4 rings (SSSR count). The van der Waals surface area contributed by atoms with Gasteiger partial charge in [0.25, 0.3) is 5.91 Å². The molecular weight excluding hydrogens is 446 g/mol. The first-order valence-corrected chi connectivity index (χ1v) is 12.3. The predicted molar refractivity (Wildman–Crippen MR) is 135 cm³/mol. The number of benzene rings is 2. The monoisotopic (exact) mass is 479 g/mol. The van der Waals surface area contributed by atoms with Gasteiger partial charge in [0.15, 0.2) is 16.9 Å². The molecule has 0 radical (unpaired) electrons. The summed E-state index contributed by atoms with van der Waals surface area (Å²) in [5, 5.41) is 9.92. The number of ether oxygens (including phenoxy) is 2. The molecule has 1 amide bonds. The van der Waals surface area contributed by atoms with Gasteiger partial charge in [-0.05, 0) is 68.5 Å². The van der Waals surface area contributed by atoms with Gasteiger partial charge in [-0.3, -0.25) is 9.59 Å². The second kappa shape index (κ2) is 10.5. The van der Waals surface area contributed by atoms with Crippen molar-refractivity contribution in [3.63, 3.8) is 0 Å². The van der Waals surface area contributed by atoms with Crippen LogP contribution in [-0.2, 0) is 0 Å². The van der Waals surface area contributed by atoms with Crippen LogP contribution in [0.15, 0.2) is 39.5 Å². The van der Waals surface area contributed by atoms with Crippen LogP contribution in [0.4, 0.5) is 0 Å². The summed E-state index contributed by atoms with van der Waals surface area (Å²) >= 11 is 0. The molecule has 1 unspecified atom stereocenters. The number of rotatable bonds is 10. The van der Waals surface area contributed by atoms with E-state index in [9.17, 15) is 14.7 Å². The van der Waals surface area contributed by atoms with Gasteiger partial charge >= 0.3 is 0 Å². The molecule has 2 heterocycles. The molecule has 1 aromatic heterocycles. The Morgan fingerprint density at radius 1 is 1.03 bits per heavy atom. The van der Waals surface area contributed by atoms with E-state index in [1.54, 1.807) is 4.90 Å². The number of hydrogen-bond donors (Lipinski definition) is 1. The summed E-state index contributed by atoms with van der Waals surface area (Å²) in [6, 6.07) is 8.64. The minimum atomic E-state index is -0.644. The lowest BCUT2D eigenvalue weighted by Gasteiger charge is -2.25. The molecule has 0 aliphatic carbocycles. The number of fused-ring (bicyclic) bond motifs is 2. The van der Waals surface area contributed by atoms with Gasteiger partial charge in [0, 0.05) is 13.2 Å². The van der Waals surface area contributed by atoms with E-state index in [0.29, 0.717) is 47.7 Å². The average molecular weight is 480 g/mol. The molecule has 7 heteroatoms. The molecule has 1 atom stereocenters. The van der Waals surface area contributed by atoms with E-state index in [2.05, 4.69) is 6.92 Å². The zero-order chi connectivity index (χ0) is 25.1. The average Bonchev–Trinajstić information content (AvgIpc) is 3.11. The van der Waals surface area contributed by atoms with Crippen molar-refractivity contribution in [2.75, 3.05) is 26.4 Å². The summed E-state index contributed by atoms with van der Waals surface area (Å²) in [6.45, 7) is 9.06. The molecule has 0 saturated carbocycles. The molecule has 1 N–H and O–H groups in total. The Labute approximate surface area is 205 Å². The first kappa shape index (κ1) is 24.8. The smallest absolute Gasteiger partial charge is 0.290 e. The quantitative estimate of drug-likeness (QED) is 0.416. The van der Waals surface area contributed by atoms with Gasteiger partial charge in [0.05, 0.1) is 30.2 Å². The molecule has 2 aromatic carbocycles. The van der Waals surface area contributed by atoms with Gasteiger partial charge < -0.3 is 23.9 Å². The van der Waals surface area contributed by atoms with Crippen molar-refractivity contribution in [2.24, 2.45) is 0 Å². The molecule has 0 fully saturated rings. The Morgan fingerprint density at radius 3 is 2.54 bits per heavy atom. The topological polar surface area (TPSA) is 89.2 Å². The van der Waals surface area contributed by atoms with E-state index in [-0.39, 0.29) is 30.2 Å². The summed E-state index contributed by atoms with van der Waals surface area (Å²) in [5.74, 6) is 0.922. The van der Waals surface area contributed by atoms with Gasteiger partial charge in [-0.2, -0.15) is 0 Å². The van der Waals surface area contributed by atoms with E-state index in [1.807, 2.05) is 51.1 Å². The van der Waals surface area contributed by atoms with Crippen LogP contribution >= 0.6 is 0 Å². The number of hydrogen-bond acceptors (Lipinski definition) is 6. The van der Waals surface area contributed by atoms with Crippen LogP contribution in [0.1, 0.15) is 72.0 Å². The van der Waals surface area contributed by atoms with Gasteiger partial charge in [-0.25, -0.2) is 0 Å². The molecule has 0 bridgehead atoms. The molecule has 35 heavy (non-hydrogen) atoms. The molecule has 1 aliphatic rings. The number of unbranched alkanes of at least 4 members (excludes halogenated alkanes) is 1. The van der Waals surface area contributed by atoms with Crippen molar-refractivity contribution in [3.05, 3.63) is 68.6 Å². The minimum Gasteiger partial charge on any atom is -0.490 e. The van der Waals surface area contributed by atoms with Crippen molar-refractivity contribution in [1.29, 1.82) is 0 Å². The van der Waals surface area contributed by atoms with Gasteiger partial charge in [-0.1, -0.05) is 25.5 Å². The number of carbonyl (C=O) groups is 1. The maximum Gasteiger partial charge on any atom is 0.290 e. The third-order valence-corrected chi connectivity index (χ3v) is 6.29. The number of amides is 1. The van der Waals surface area contributed by atoms with Crippen LogP contribution in [0, 0.1) is 13.8 Å². The maximum atomic E-state index is 13.8. The zero-order valence-corrected chi connectivity index (χ0v) is 20.8.